The van der Waals surface area contributed by atoms with Gasteiger partial charge in [0.15, 0.2) is 0 Å². The van der Waals surface area contributed by atoms with Crippen molar-refractivity contribution in [1.29, 1.82) is 5.26 Å². The number of nitrogens with zero attached hydrogens (tertiary/aromatic N) is 2. The van der Waals surface area contributed by atoms with Gasteiger partial charge in [0.25, 0.3) is 0 Å². The minimum absolute atomic E-state index is 0.175. The highest BCUT2D eigenvalue weighted by atomic mass is 32.2. The Morgan fingerprint density at radius 3 is 2.50 bits per heavy atom. The first-order chi connectivity index (χ1) is 13.4. The molecular weight excluding hydrogens is 374 g/mol. The number of sulfonamides is 1. The van der Waals surface area contributed by atoms with Crippen LogP contribution in [0.1, 0.15) is 24.0 Å². The Kier molecular flexibility index (Phi) is 6.12. The number of hydrogen-bond acceptors (Lipinski definition) is 4. The zero-order valence-corrected chi connectivity index (χ0v) is 16.6. The Balaban J connectivity index is 1.67. The predicted molar refractivity (Wildman–Crippen MR) is 107 cm³/mol. The number of hydrogen-bond donors (Lipinski definition) is 1. The van der Waals surface area contributed by atoms with Gasteiger partial charge in [-0.1, -0.05) is 29.8 Å². The van der Waals surface area contributed by atoms with E-state index in [1.54, 1.807) is 48.5 Å². The number of carbonyl (C=O) groups is 1. The van der Waals surface area contributed by atoms with E-state index in [2.05, 4.69) is 11.4 Å². The molecule has 1 aliphatic rings. The number of nitriles is 1. The van der Waals surface area contributed by atoms with Crippen molar-refractivity contribution in [3.05, 3.63) is 59.7 Å². The maximum Gasteiger partial charge on any atom is 0.243 e. The Morgan fingerprint density at radius 1 is 1.18 bits per heavy atom. The molecule has 2 aromatic carbocycles. The molecule has 0 aromatic heterocycles. The van der Waals surface area contributed by atoms with Crippen LogP contribution >= 0.6 is 0 Å². The highest BCUT2D eigenvalue weighted by molar-refractivity contribution is 7.89. The molecular formula is C21H23N3O3S. The average molecular weight is 398 g/mol. The monoisotopic (exact) mass is 397 g/mol. The van der Waals surface area contributed by atoms with Crippen LogP contribution in [0.4, 0.5) is 5.69 Å². The Hall–Kier alpha value is -2.69. The Bertz CT molecular complexity index is 977. The minimum Gasteiger partial charge on any atom is -0.326 e. The summed E-state index contributed by atoms with van der Waals surface area (Å²) >= 11 is 0. The molecule has 1 fully saturated rings. The first-order valence-corrected chi connectivity index (χ1v) is 10.7. The van der Waals surface area contributed by atoms with E-state index in [1.165, 1.54) is 4.31 Å². The first kappa shape index (κ1) is 20.1. The summed E-state index contributed by atoms with van der Waals surface area (Å²) in [5, 5.41) is 11.6. The fourth-order valence-corrected chi connectivity index (χ4v) is 4.80. The van der Waals surface area contributed by atoms with Crippen LogP contribution in [-0.4, -0.2) is 31.7 Å². The van der Waals surface area contributed by atoms with Gasteiger partial charge in [0.2, 0.25) is 15.9 Å². The maximum atomic E-state index is 12.9. The predicted octanol–water partition coefficient (Wildman–Crippen LogP) is 3.10. The number of rotatable bonds is 5. The largest absolute Gasteiger partial charge is 0.326 e. The molecule has 0 spiro atoms. The van der Waals surface area contributed by atoms with Gasteiger partial charge in [0, 0.05) is 18.8 Å². The molecule has 0 radical (unpaired) electrons. The van der Waals surface area contributed by atoms with Crippen LogP contribution in [0.25, 0.3) is 0 Å². The van der Waals surface area contributed by atoms with E-state index in [9.17, 15) is 13.2 Å². The van der Waals surface area contributed by atoms with E-state index in [4.69, 9.17) is 5.26 Å². The molecule has 1 amide bonds. The lowest BCUT2D eigenvalue weighted by Crippen LogP contribution is -2.43. The third-order valence-corrected chi connectivity index (χ3v) is 6.80. The zero-order valence-electron chi connectivity index (χ0n) is 15.8. The minimum atomic E-state index is -3.61. The number of aryl methyl sites for hydroxylation is 1. The molecule has 1 heterocycles. The number of carbonyl (C=O) groups excluding carboxylic acids is 1. The number of amides is 1. The van der Waals surface area contributed by atoms with Crippen LogP contribution in [0.2, 0.25) is 0 Å². The fraction of sp³-hybridized carbons (Fsp3) is 0.333. The molecule has 0 saturated carbocycles. The lowest BCUT2D eigenvalue weighted by atomic mass is 9.98. The van der Waals surface area contributed by atoms with Crippen LogP contribution < -0.4 is 5.32 Å². The molecule has 7 heteroatoms. The van der Waals surface area contributed by atoms with Gasteiger partial charge in [-0.2, -0.15) is 9.57 Å². The van der Waals surface area contributed by atoms with Crippen molar-refractivity contribution in [2.24, 2.45) is 5.92 Å². The van der Waals surface area contributed by atoms with Crippen molar-refractivity contribution >= 4 is 21.6 Å². The molecule has 6 nitrogen and oxygen atoms in total. The van der Waals surface area contributed by atoms with Crippen LogP contribution in [0.15, 0.2) is 53.4 Å². The highest BCUT2D eigenvalue weighted by Gasteiger charge is 2.33. The standard InChI is InChI=1S/C21H23N3O3S/c1-16-4-10-20(11-5-16)28(26,27)24-14-2-3-18(15-24)21(25)23-19-8-6-17(7-9-19)12-13-22/h4-11,18H,2-3,12,14-15H2,1H3,(H,23,25)/t18-/m1/s1. The summed E-state index contributed by atoms with van der Waals surface area (Å²) in [6, 6.07) is 16.0. The van der Waals surface area contributed by atoms with Crippen molar-refractivity contribution in [1.82, 2.24) is 4.31 Å². The summed E-state index contributed by atoms with van der Waals surface area (Å²) < 4.78 is 27.2. The van der Waals surface area contributed by atoms with E-state index in [0.29, 0.717) is 31.5 Å². The number of anilines is 1. The molecule has 0 unspecified atom stereocenters. The fourth-order valence-electron chi connectivity index (χ4n) is 3.28. The van der Waals surface area contributed by atoms with Crippen molar-refractivity contribution in [3.63, 3.8) is 0 Å². The van der Waals surface area contributed by atoms with Crippen LogP contribution in [0.5, 0.6) is 0 Å². The van der Waals surface area contributed by atoms with Crippen molar-refractivity contribution in [3.8, 4) is 6.07 Å². The molecule has 3 rings (SSSR count). The molecule has 146 valence electrons. The molecule has 0 aliphatic carbocycles. The van der Waals surface area contributed by atoms with E-state index in [1.807, 2.05) is 6.92 Å². The molecule has 1 saturated heterocycles. The van der Waals surface area contributed by atoms with E-state index in [0.717, 1.165) is 11.1 Å². The van der Waals surface area contributed by atoms with Crippen LogP contribution in [0.3, 0.4) is 0 Å². The number of piperidine rings is 1. The second-order valence-corrected chi connectivity index (χ2v) is 8.97. The average Bonchev–Trinajstić information content (AvgIpc) is 2.70. The SMILES string of the molecule is Cc1ccc(S(=O)(=O)N2CCC[C@@H](C(=O)Nc3ccc(CC#N)cc3)C2)cc1. The van der Waals surface area contributed by atoms with Crippen LogP contribution in [0, 0.1) is 24.2 Å². The summed E-state index contributed by atoms with van der Waals surface area (Å²) in [4.78, 5) is 12.9. The molecule has 1 atom stereocenters. The normalized spacial score (nSPS) is 17.6. The van der Waals surface area contributed by atoms with Gasteiger partial charge < -0.3 is 5.32 Å². The quantitative estimate of drug-likeness (QED) is 0.839. The van der Waals surface area contributed by atoms with E-state index in [-0.39, 0.29) is 17.3 Å². The first-order valence-electron chi connectivity index (χ1n) is 9.24. The summed E-state index contributed by atoms with van der Waals surface area (Å²) in [7, 11) is -3.61. The molecule has 1 aliphatic heterocycles. The van der Waals surface area contributed by atoms with E-state index < -0.39 is 15.9 Å². The summed E-state index contributed by atoms with van der Waals surface area (Å²) in [5.74, 6) is -0.579. The van der Waals surface area contributed by atoms with Gasteiger partial charge in [-0.3, -0.25) is 4.79 Å². The lowest BCUT2D eigenvalue weighted by Gasteiger charge is -2.31. The van der Waals surface area contributed by atoms with Crippen LogP contribution in [-0.2, 0) is 21.2 Å². The summed E-state index contributed by atoms with van der Waals surface area (Å²) in [6.07, 6.45) is 1.62. The van der Waals surface area contributed by atoms with Gasteiger partial charge in [-0.15, -0.1) is 0 Å². The van der Waals surface area contributed by atoms with Gasteiger partial charge in [0.05, 0.1) is 23.3 Å². The van der Waals surface area contributed by atoms with Gasteiger partial charge in [-0.05, 0) is 49.6 Å². The number of benzene rings is 2. The van der Waals surface area contributed by atoms with Crippen molar-refractivity contribution in [2.45, 2.75) is 31.1 Å². The third kappa shape index (κ3) is 4.58. The second kappa shape index (κ2) is 8.55. The van der Waals surface area contributed by atoms with Crippen molar-refractivity contribution in [2.75, 3.05) is 18.4 Å². The van der Waals surface area contributed by atoms with E-state index >= 15 is 0 Å². The zero-order chi connectivity index (χ0) is 20.1. The van der Waals surface area contributed by atoms with Gasteiger partial charge in [0.1, 0.15) is 0 Å². The smallest absolute Gasteiger partial charge is 0.243 e. The second-order valence-electron chi connectivity index (χ2n) is 7.04. The number of nitrogens with one attached hydrogen (secondary N) is 1. The maximum absolute atomic E-state index is 12.9. The van der Waals surface area contributed by atoms with Crippen molar-refractivity contribution < 1.29 is 13.2 Å². The van der Waals surface area contributed by atoms with Gasteiger partial charge >= 0.3 is 0 Å². The summed E-state index contributed by atoms with van der Waals surface area (Å²) in [6.45, 7) is 2.50. The summed E-state index contributed by atoms with van der Waals surface area (Å²) in [5.41, 5.74) is 2.52. The molecule has 1 N–H and O–H groups in total. The molecule has 2 aromatic rings. The van der Waals surface area contributed by atoms with Gasteiger partial charge in [-0.25, -0.2) is 8.42 Å². The lowest BCUT2D eigenvalue weighted by molar-refractivity contribution is -0.120. The topological polar surface area (TPSA) is 90.3 Å². The Morgan fingerprint density at radius 2 is 1.86 bits per heavy atom. The highest BCUT2D eigenvalue weighted by Crippen LogP contribution is 2.25. The molecule has 28 heavy (non-hydrogen) atoms. The Labute approximate surface area is 165 Å². The third-order valence-electron chi connectivity index (χ3n) is 4.92. The molecule has 0 bridgehead atoms.